The zero-order chi connectivity index (χ0) is 7.68. The Bertz CT molecular complexity index is 315. The van der Waals surface area contributed by atoms with Gasteiger partial charge in [0.25, 0.3) is 0 Å². The van der Waals surface area contributed by atoms with Gasteiger partial charge in [0, 0.05) is 5.30 Å². The SMILES string of the molecule is Cc1cc[pH]c1C1=CCC=C1. The summed E-state index contributed by atoms with van der Waals surface area (Å²) in [6.07, 6.45) is 7.88. The lowest BCUT2D eigenvalue weighted by molar-refractivity contribution is 1.45. The van der Waals surface area contributed by atoms with Crippen LogP contribution in [-0.4, -0.2) is 0 Å². The number of allylic oxidation sites excluding steroid dienone is 4. The maximum Gasteiger partial charge on any atom is 0.000768 e. The summed E-state index contributed by atoms with van der Waals surface area (Å²) in [5.74, 6) is 2.26. The third kappa shape index (κ3) is 1.19. The average molecular weight is 162 g/mol. The van der Waals surface area contributed by atoms with Gasteiger partial charge in [0.05, 0.1) is 0 Å². The highest BCUT2D eigenvalue weighted by molar-refractivity contribution is 7.31. The maximum atomic E-state index is 2.30. The van der Waals surface area contributed by atoms with Crippen LogP contribution in [0.5, 0.6) is 0 Å². The van der Waals surface area contributed by atoms with E-state index in [1.165, 1.54) is 11.1 Å². The van der Waals surface area contributed by atoms with Crippen LogP contribution in [0.4, 0.5) is 0 Å². The van der Waals surface area contributed by atoms with E-state index in [4.69, 9.17) is 0 Å². The summed E-state index contributed by atoms with van der Waals surface area (Å²) < 4.78 is 0. The van der Waals surface area contributed by atoms with Crippen LogP contribution in [0.1, 0.15) is 17.3 Å². The molecule has 0 N–H and O–H groups in total. The molecular weight excluding hydrogens is 151 g/mol. The van der Waals surface area contributed by atoms with Crippen molar-refractivity contribution in [2.24, 2.45) is 0 Å². The second-order valence-electron chi connectivity index (χ2n) is 2.83. The van der Waals surface area contributed by atoms with Gasteiger partial charge in [-0.05, 0) is 30.3 Å². The van der Waals surface area contributed by atoms with Crippen molar-refractivity contribution in [3.05, 3.63) is 41.0 Å². The summed E-state index contributed by atoms with van der Waals surface area (Å²) in [6.45, 7) is 2.19. The van der Waals surface area contributed by atoms with Crippen LogP contribution in [0.2, 0.25) is 0 Å². The predicted molar refractivity (Wildman–Crippen MR) is 52.4 cm³/mol. The van der Waals surface area contributed by atoms with Crippen molar-refractivity contribution < 1.29 is 0 Å². The fourth-order valence-electron chi connectivity index (χ4n) is 1.40. The van der Waals surface area contributed by atoms with E-state index in [9.17, 15) is 0 Å². The van der Waals surface area contributed by atoms with Crippen molar-refractivity contribution >= 4 is 13.8 Å². The molecule has 1 heterocycles. The van der Waals surface area contributed by atoms with Crippen LogP contribution in [0.25, 0.3) is 5.57 Å². The van der Waals surface area contributed by atoms with Gasteiger partial charge in [0.1, 0.15) is 0 Å². The first kappa shape index (κ1) is 6.94. The smallest absolute Gasteiger partial charge is 0.000768 e. The summed E-state index contributed by atoms with van der Waals surface area (Å²) >= 11 is 0. The van der Waals surface area contributed by atoms with Crippen molar-refractivity contribution in [1.82, 2.24) is 0 Å². The van der Waals surface area contributed by atoms with E-state index in [2.05, 4.69) is 37.0 Å². The van der Waals surface area contributed by atoms with Gasteiger partial charge >= 0.3 is 0 Å². The summed E-state index contributed by atoms with van der Waals surface area (Å²) in [5, 5.41) is 1.54. The molecule has 1 aliphatic rings. The number of hydrogen-bond donors (Lipinski definition) is 0. The lowest BCUT2D eigenvalue weighted by Crippen LogP contribution is -1.73. The van der Waals surface area contributed by atoms with Crippen molar-refractivity contribution in [2.45, 2.75) is 13.3 Å². The Morgan fingerprint density at radius 1 is 1.45 bits per heavy atom. The molecule has 1 aromatic rings. The largest absolute Gasteiger partial charge is 0.131 e. The number of aryl methyl sites for hydroxylation is 1. The molecule has 0 radical (unpaired) electrons. The van der Waals surface area contributed by atoms with E-state index in [1.54, 1.807) is 5.30 Å². The molecule has 0 saturated heterocycles. The van der Waals surface area contributed by atoms with E-state index in [0.717, 1.165) is 14.6 Å². The second-order valence-corrected chi connectivity index (χ2v) is 3.96. The second kappa shape index (κ2) is 2.71. The molecule has 0 saturated carbocycles. The first-order valence-electron chi connectivity index (χ1n) is 3.89. The molecule has 1 aliphatic carbocycles. The molecular formula is C10H11P. The highest BCUT2D eigenvalue weighted by atomic mass is 31.0. The first-order valence-corrected chi connectivity index (χ1v) is 4.97. The fourth-order valence-corrected chi connectivity index (χ4v) is 2.56. The van der Waals surface area contributed by atoms with E-state index in [0.29, 0.717) is 0 Å². The predicted octanol–water partition coefficient (Wildman–Crippen LogP) is 3.37. The minimum atomic E-state index is 0.894. The maximum absolute atomic E-state index is 2.30. The highest BCUT2D eigenvalue weighted by Gasteiger charge is 2.03. The van der Waals surface area contributed by atoms with Crippen LogP contribution in [0.3, 0.4) is 0 Å². The minimum Gasteiger partial charge on any atom is -0.131 e. The Labute approximate surface area is 68.7 Å². The van der Waals surface area contributed by atoms with Crippen LogP contribution < -0.4 is 0 Å². The van der Waals surface area contributed by atoms with Crippen molar-refractivity contribution in [3.63, 3.8) is 0 Å². The Morgan fingerprint density at radius 2 is 2.36 bits per heavy atom. The quantitative estimate of drug-likeness (QED) is 0.593. The Kier molecular flexibility index (Phi) is 1.71. The first-order chi connectivity index (χ1) is 5.38. The minimum absolute atomic E-state index is 0.894. The van der Waals surface area contributed by atoms with E-state index in [1.807, 2.05) is 0 Å². The normalized spacial score (nSPS) is 16.3. The highest BCUT2D eigenvalue weighted by Crippen LogP contribution is 2.31. The molecule has 0 bridgehead atoms. The molecule has 0 nitrogen and oxygen atoms in total. The molecule has 0 amide bonds. The van der Waals surface area contributed by atoms with Gasteiger partial charge in [0.2, 0.25) is 0 Å². The van der Waals surface area contributed by atoms with Gasteiger partial charge < -0.3 is 0 Å². The molecule has 1 heteroatoms. The van der Waals surface area contributed by atoms with Gasteiger partial charge in [-0.3, -0.25) is 0 Å². The zero-order valence-electron chi connectivity index (χ0n) is 6.59. The average Bonchev–Trinajstić information content (AvgIpc) is 2.55. The van der Waals surface area contributed by atoms with Crippen LogP contribution >= 0.6 is 8.19 Å². The summed E-state index contributed by atoms with van der Waals surface area (Å²) in [4.78, 5) is 0. The fraction of sp³-hybridized carbons (Fsp3) is 0.200. The lowest BCUT2D eigenvalue weighted by atomic mass is 10.2. The molecule has 0 aromatic carbocycles. The van der Waals surface area contributed by atoms with E-state index in [-0.39, 0.29) is 0 Å². The third-order valence-corrected chi connectivity index (χ3v) is 3.32. The van der Waals surface area contributed by atoms with Gasteiger partial charge in [-0.2, -0.15) is 0 Å². The molecule has 56 valence electrons. The van der Waals surface area contributed by atoms with Crippen molar-refractivity contribution in [2.75, 3.05) is 0 Å². The molecule has 1 aromatic heterocycles. The lowest BCUT2D eigenvalue weighted by Gasteiger charge is -1.96. The molecule has 1 atom stereocenters. The van der Waals surface area contributed by atoms with Crippen molar-refractivity contribution in [3.8, 4) is 0 Å². The molecule has 2 rings (SSSR count). The van der Waals surface area contributed by atoms with Crippen LogP contribution in [-0.2, 0) is 0 Å². The van der Waals surface area contributed by atoms with Crippen molar-refractivity contribution in [1.29, 1.82) is 0 Å². The molecule has 0 fully saturated rings. The summed E-state index contributed by atoms with van der Waals surface area (Å²) in [6, 6.07) is 2.22. The molecule has 11 heavy (non-hydrogen) atoms. The summed E-state index contributed by atoms with van der Waals surface area (Å²) in [5.41, 5.74) is 2.90. The monoisotopic (exact) mass is 162 g/mol. The van der Waals surface area contributed by atoms with Gasteiger partial charge in [-0.25, -0.2) is 0 Å². The van der Waals surface area contributed by atoms with E-state index < -0.39 is 0 Å². The Balaban J connectivity index is 2.43. The summed E-state index contributed by atoms with van der Waals surface area (Å²) in [7, 11) is 0.894. The molecule has 1 unspecified atom stereocenters. The Morgan fingerprint density at radius 3 is 2.91 bits per heavy atom. The standard InChI is InChI=1S/C10H11P/c1-8-6-7-11-10(8)9-4-2-3-5-9/h2,4-7,11H,3H2,1H3. The topological polar surface area (TPSA) is 0 Å². The van der Waals surface area contributed by atoms with Crippen LogP contribution in [0, 0.1) is 6.92 Å². The molecule has 0 spiro atoms. The van der Waals surface area contributed by atoms with Gasteiger partial charge in [-0.15, -0.1) is 8.19 Å². The van der Waals surface area contributed by atoms with Crippen LogP contribution in [0.15, 0.2) is 30.1 Å². The molecule has 0 aliphatic heterocycles. The van der Waals surface area contributed by atoms with E-state index >= 15 is 0 Å². The number of hydrogen-bond acceptors (Lipinski definition) is 0. The Hall–Kier alpha value is -0.740. The van der Waals surface area contributed by atoms with Gasteiger partial charge in [0.15, 0.2) is 0 Å². The zero-order valence-corrected chi connectivity index (χ0v) is 7.59. The number of rotatable bonds is 1. The van der Waals surface area contributed by atoms with Gasteiger partial charge in [-0.1, -0.05) is 24.3 Å². The third-order valence-electron chi connectivity index (χ3n) is 2.02.